The van der Waals surface area contributed by atoms with E-state index >= 15 is 0 Å². The van der Waals surface area contributed by atoms with Crippen molar-refractivity contribution in [3.63, 3.8) is 0 Å². The fourth-order valence-electron chi connectivity index (χ4n) is 2.88. The highest BCUT2D eigenvalue weighted by molar-refractivity contribution is 7.80. The number of benzene rings is 1. The molecule has 0 bridgehead atoms. The molecule has 0 radical (unpaired) electrons. The summed E-state index contributed by atoms with van der Waals surface area (Å²) in [7, 11) is 0. The molecule has 0 saturated heterocycles. The van der Waals surface area contributed by atoms with Crippen molar-refractivity contribution in [2.24, 2.45) is 5.41 Å². The molecule has 0 heterocycles. The molecule has 19 heavy (non-hydrogen) atoms. The molecule has 1 nitrogen and oxygen atoms in total. The molecule has 1 aromatic rings. The second-order valence-corrected chi connectivity index (χ2v) is 6.17. The average Bonchev–Trinajstić information content (AvgIpc) is 2.72. The number of thiol groups is 1. The Balaban J connectivity index is 1.94. The first kappa shape index (κ1) is 14.8. The molecule has 0 amide bonds. The van der Waals surface area contributed by atoms with Crippen molar-refractivity contribution >= 4 is 12.6 Å². The van der Waals surface area contributed by atoms with Gasteiger partial charge in [0.05, 0.1) is 6.61 Å². The summed E-state index contributed by atoms with van der Waals surface area (Å²) in [6.07, 6.45) is 9.03. The minimum Gasteiger partial charge on any atom is -0.493 e. The van der Waals surface area contributed by atoms with Gasteiger partial charge < -0.3 is 4.74 Å². The van der Waals surface area contributed by atoms with Crippen LogP contribution in [0.1, 0.15) is 51.0 Å². The van der Waals surface area contributed by atoms with Gasteiger partial charge >= 0.3 is 0 Å². The molecule has 2 rings (SSSR count). The molecule has 0 atom stereocenters. The number of hydrogen-bond donors (Lipinski definition) is 1. The van der Waals surface area contributed by atoms with Crippen LogP contribution in [0.5, 0.6) is 5.75 Å². The lowest BCUT2D eigenvalue weighted by atomic mass is 9.83. The first-order valence-electron chi connectivity index (χ1n) is 7.61. The van der Waals surface area contributed by atoms with Crippen LogP contribution in [0.25, 0.3) is 0 Å². The maximum Gasteiger partial charge on any atom is 0.119 e. The monoisotopic (exact) mass is 278 g/mol. The fraction of sp³-hybridized carbons (Fsp3) is 0.647. The van der Waals surface area contributed by atoms with Crippen LogP contribution in [0.15, 0.2) is 24.3 Å². The zero-order valence-corrected chi connectivity index (χ0v) is 12.9. The average molecular weight is 278 g/mol. The summed E-state index contributed by atoms with van der Waals surface area (Å²) in [6.45, 7) is 3.00. The van der Waals surface area contributed by atoms with Crippen LogP contribution in [0.3, 0.4) is 0 Å². The van der Waals surface area contributed by atoms with Crippen molar-refractivity contribution in [2.75, 3.05) is 12.4 Å². The topological polar surface area (TPSA) is 9.23 Å². The van der Waals surface area contributed by atoms with Crippen LogP contribution in [0.2, 0.25) is 0 Å². The molecule has 1 fully saturated rings. The molecular weight excluding hydrogens is 252 g/mol. The van der Waals surface area contributed by atoms with Crippen LogP contribution in [0, 0.1) is 5.41 Å². The highest BCUT2D eigenvalue weighted by atomic mass is 32.1. The molecule has 1 aromatic carbocycles. The van der Waals surface area contributed by atoms with E-state index < -0.39 is 0 Å². The van der Waals surface area contributed by atoms with E-state index in [1.165, 1.54) is 44.1 Å². The summed E-state index contributed by atoms with van der Waals surface area (Å²) < 4.78 is 6.05. The maximum absolute atomic E-state index is 6.05. The van der Waals surface area contributed by atoms with Crippen molar-refractivity contribution in [1.29, 1.82) is 0 Å². The predicted molar refractivity (Wildman–Crippen MR) is 85.3 cm³/mol. The standard InChI is InChI=1S/C17H26OS/c1-2-15-7-9-16(10-8-15)18-13-17(14-19)11-5-3-4-6-12-17/h7-10,19H,2-6,11-14H2,1H3. The van der Waals surface area contributed by atoms with Gasteiger partial charge in [0.1, 0.15) is 5.75 Å². The van der Waals surface area contributed by atoms with Gasteiger partial charge in [0.15, 0.2) is 0 Å². The second kappa shape index (κ2) is 7.23. The highest BCUT2D eigenvalue weighted by Crippen LogP contribution is 2.36. The van der Waals surface area contributed by atoms with E-state index in [1.807, 2.05) is 0 Å². The van der Waals surface area contributed by atoms with Gasteiger partial charge in [-0.2, -0.15) is 12.6 Å². The second-order valence-electron chi connectivity index (χ2n) is 5.86. The lowest BCUT2D eigenvalue weighted by Gasteiger charge is -2.31. The molecule has 106 valence electrons. The van der Waals surface area contributed by atoms with Crippen LogP contribution < -0.4 is 4.74 Å². The lowest BCUT2D eigenvalue weighted by molar-refractivity contribution is 0.148. The van der Waals surface area contributed by atoms with Gasteiger partial charge in [-0.05, 0) is 42.7 Å². The number of aryl methyl sites for hydroxylation is 1. The van der Waals surface area contributed by atoms with Crippen molar-refractivity contribution in [3.8, 4) is 5.75 Å². The van der Waals surface area contributed by atoms with Crippen LogP contribution in [0.4, 0.5) is 0 Å². The molecule has 0 unspecified atom stereocenters. The molecule has 1 saturated carbocycles. The van der Waals surface area contributed by atoms with E-state index in [2.05, 4.69) is 43.8 Å². The zero-order chi connectivity index (χ0) is 13.6. The Bertz CT molecular complexity index is 363. The van der Waals surface area contributed by atoms with Crippen molar-refractivity contribution in [2.45, 2.75) is 51.9 Å². The molecule has 0 N–H and O–H groups in total. The number of ether oxygens (including phenoxy) is 1. The van der Waals surface area contributed by atoms with Gasteiger partial charge in [0.2, 0.25) is 0 Å². The van der Waals surface area contributed by atoms with Crippen molar-refractivity contribution in [3.05, 3.63) is 29.8 Å². The zero-order valence-electron chi connectivity index (χ0n) is 12.0. The van der Waals surface area contributed by atoms with E-state index in [0.717, 1.165) is 24.5 Å². The first-order chi connectivity index (χ1) is 9.28. The minimum absolute atomic E-state index is 0.295. The SMILES string of the molecule is CCc1ccc(OCC2(CS)CCCCCC2)cc1. The van der Waals surface area contributed by atoms with Crippen LogP contribution in [-0.2, 0) is 6.42 Å². The summed E-state index contributed by atoms with van der Waals surface area (Å²) >= 11 is 4.59. The quantitative estimate of drug-likeness (QED) is 0.595. The van der Waals surface area contributed by atoms with E-state index in [-0.39, 0.29) is 0 Å². The van der Waals surface area contributed by atoms with E-state index in [0.29, 0.717) is 5.41 Å². The molecule has 0 aliphatic heterocycles. The first-order valence-corrected chi connectivity index (χ1v) is 8.24. The molecular formula is C17H26OS. The van der Waals surface area contributed by atoms with Gasteiger partial charge in [-0.25, -0.2) is 0 Å². The Morgan fingerprint density at radius 3 is 2.21 bits per heavy atom. The smallest absolute Gasteiger partial charge is 0.119 e. The number of hydrogen-bond acceptors (Lipinski definition) is 2. The third-order valence-electron chi connectivity index (χ3n) is 4.38. The van der Waals surface area contributed by atoms with Gasteiger partial charge in [0, 0.05) is 5.41 Å². The summed E-state index contributed by atoms with van der Waals surface area (Å²) in [6, 6.07) is 8.52. The van der Waals surface area contributed by atoms with E-state index in [4.69, 9.17) is 4.74 Å². The Labute approximate surface area is 123 Å². The fourth-order valence-corrected chi connectivity index (χ4v) is 3.29. The predicted octanol–water partition coefficient (Wildman–Crippen LogP) is 4.90. The van der Waals surface area contributed by atoms with Crippen LogP contribution >= 0.6 is 12.6 Å². The van der Waals surface area contributed by atoms with Gasteiger partial charge in [-0.15, -0.1) is 0 Å². The van der Waals surface area contributed by atoms with E-state index in [1.54, 1.807) is 0 Å². The molecule has 2 heteroatoms. The third kappa shape index (κ3) is 4.17. The number of rotatable bonds is 5. The highest BCUT2D eigenvalue weighted by Gasteiger charge is 2.30. The third-order valence-corrected chi connectivity index (χ3v) is 5.05. The Kier molecular flexibility index (Phi) is 5.62. The normalized spacial score (nSPS) is 18.8. The Morgan fingerprint density at radius 1 is 1.05 bits per heavy atom. The summed E-state index contributed by atoms with van der Waals surface area (Å²) in [5, 5.41) is 0. The van der Waals surface area contributed by atoms with Crippen molar-refractivity contribution in [1.82, 2.24) is 0 Å². The Morgan fingerprint density at radius 2 is 1.68 bits per heavy atom. The molecule has 1 aliphatic carbocycles. The summed E-state index contributed by atoms with van der Waals surface area (Å²) in [5.41, 5.74) is 1.66. The van der Waals surface area contributed by atoms with Gasteiger partial charge in [-0.3, -0.25) is 0 Å². The lowest BCUT2D eigenvalue weighted by Crippen LogP contribution is -2.30. The summed E-state index contributed by atoms with van der Waals surface area (Å²) in [5.74, 6) is 1.95. The molecule has 0 spiro atoms. The molecule has 0 aromatic heterocycles. The van der Waals surface area contributed by atoms with E-state index in [9.17, 15) is 0 Å². The molecule has 1 aliphatic rings. The van der Waals surface area contributed by atoms with Gasteiger partial charge in [0.25, 0.3) is 0 Å². The maximum atomic E-state index is 6.05. The van der Waals surface area contributed by atoms with Crippen LogP contribution in [-0.4, -0.2) is 12.4 Å². The van der Waals surface area contributed by atoms with Gasteiger partial charge in [-0.1, -0.05) is 44.7 Å². The Hall–Kier alpha value is -0.630. The largest absolute Gasteiger partial charge is 0.493 e. The summed E-state index contributed by atoms with van der Waals surface area (Å²) in [4.78, 5) is 0. The van der Waals surface area contributed by atoms with Crippen molar-refractivity contribution < 1.29 is 4.74 Å². The minimum atomic E-state index is 0.295.